The quantitative estimate of drug-likeness (QED) is 0.379. The number of benzene rings is 2. The first kappa shape index (κ1) is 23.7. The van der Waals surface area contributed by atoms with Crippen LogP contribution in [0, 0.1) is 13.8 Å². The van der Waals surface area contributed by atoms with Crippen molar-refractivity contribution in [1.29, 1.82) is 0 Å². The van der Waals surface area contributed by atoms with Crippen molar-refractivity contribution < 1.29 is 22.7 Å². The third-order valence-electron chi connectivity index (χ3n) is 5.20. The van der Waals surface area contributed by atoms with Gasteiger partial charge in [-0.3, -0.25) is 14.1 Å². The molecule has 180 valence electrons. The molecule has 0 radical (unpaired) electrons. The Morgan fingerprint density at radius 2 is 1.77 bits per heavy atom. The van der Waals surface area contributed by atoms with E-state index in [4.69, 9.17) is 15.2 Å². The van der Waals surface area contributed by atoms with E-state index in [0.717, 1.165) is 17.5 Å². The first-order valence-electron chi connectivity index (χ1n) is 10.3. The number of hydrogen-bond donors (Lipinski definition) is 2. The van der Waals surface area contributed by atoms with E-state index in [2.05, 4.69) is 19.9 Å². The highest BCUT2D eigenvalue weighted by Gasteiger charge is 2.19. The second kappa shape index (κ2) is 9.43. The van der Waals surface area contributed by atoms with Gasteiger partial charge in [-0.1, -0.05) is 0 Å². The summed E-state index contributed by atoms with van der Waals surface area (Å²) in [5.41, 5.74) is 7.44. The van der Waals surface area contributed by atoms with Crippen LogP contribution in [0.5, 0.6) is 17.4 Å². The lowest BCUT2D eigenvalue weighted by Gasteiger charge is -2.11. The second-order valence-electron chi connectivity index (χ2n) is 7.47. The van der Waals surface area contributed by atoms with Crippen molar-refractivity contribution in [2.75, 3.05) is 11.8 Å². The Kier molecular flexibility index (Phi) is 6.38. The number of nitrogens with zero attached hydrogens (tertiary/aromatic N) is 4. The van der Waals surface area contributed by atoms with E-state index in [9.17, 15) is 13.2 Å². The normalized spacial score (nSPS) is 11.2. The fraction of sp³-hybridized carbons (Fsp3) is 0.130. The summed E-state index contributed by atoms with van der Waals surface area (Å²) in [5, 5.41) is 8.24. The van der Waals surface area contributed by atoms with Crippen LogP contribution in [-0.4, -0.2) is 41.2 Å². The number of carbonyl (C=O) groups is 1. The highest BCUT2D eigenvalue weighted by atomic mass is 32.2. The molecule has 35 heavy (non-hydrogen) atoms. The van der Waals surface area contributed by atoms with Gasteiger partial charge in [0.1, 0.15) is 17.8 Å². The molecule has 0 aliphatic heterocycles. The number of nitrogens with two attached hydrogens (primary N) is 1. The molecular weight excluding hydrogens is 472 g/mol. The van der Waals surface area contributed by atoms with E-state index in [0.29, 0.717) is 17.3 Å². The Morgan fingerprint density at radius 1 is 1.03 bits per heavy atom. The molecule has 0 atom stereocenters. The van der Waals surface area contributed by atoms with Crippen molar-refractivity contribution in [3.05, 3.63) is 77.9 Å². The number of sulfonamides is 1. The summed E-state index contributed by atoms with van der Waals surface area (Å²) >= 11 is 0. The molecule has 2 aromatic carbocycles. The Labute approximate surface area is 201 Å². The molecule has 12 heteroatoms. The molecule has 2 heterocycles. The van der Waals surface area contributed by atoms with Gasteiger partial charge >= 0.3 is 0 Å². The van der Waals surface area contributed by atoms with E-state index in [1.54, 1.807) is 30.6 Å². The molecule has 0 bridgehead atoms. The van der Waals surface area contributed by atoms with Gasteiger partial charge in [0.2, 0.25) is 5.88 Å². The number of nitrogens with one attached hydrogen (secondary N) is 1. The van der Waals surface area contributed by atoms with E-state index in [1.165, 1.54) is 31.4 Å². The number of aryl methyl sites for hydroxylation is 1. The largest absolute Gasteiger partial charge is 0.496 e. The van der Waals surface area contributed by atoms with Gasteiger partial charge in [0.25, 0.3) is 15.9 Å². The number of hydrogen-bond acceptors (Lipinski definition) is 8. The standard InChI is InChI=1S/C23H22N6O5S/c1-14-15(2)29(13-25-14)21-10-11-22(27-26-21)34-17-6-4-16(5-7-17)28-35(31,32)18-8-9-20(33-3)19(12-18)23(24)30/h4-13,28H,1-3H3,(H2,24,30). The number of amides is 1. The number of primary amides is 1. The molecule has 0 aliphatic rings. The maximum Gasteiger partial charge on any atom is 0.261 e. The molecule has 4 aromatic rings. The van der Waals surface area contributed by atoms with Gasteiger partial charge in [0.05, 0.1) is 23.3 Å². The maximum absolute atomic E-state index is 12.8. The fourth-order valence-corrected chi connectivity index (χ4v) is 4.28. The molecule has 0 saturated carbocycles. The Morgan fingerprint density at radius 3 is 2.34 bits per heavy atom. The summed E-state index contributed by atoms with van der Waals surface area (Å²) in [5.74, 6) is 0.702. The predicted octanol–water partition coefficient (Wildman–Crippen LogP) is 2.98. The summed E-state index contributed by atoms with van der Waals surface area (Å²) in [6.07, 6.45) is 1.68. The number of rotatable bonds is 8. The summed E-state index contributed by atoms with van der Waals surface area (Å²) < 4.78 is 40.6. The molecule has 11 nitrogen and oxygen atoms in total. The fourth-order valence-electron chi connectivity index (χ4n) is 3.20. The van der Waals surface area contributed by atoms with Crippen LogP contribution in [-0.2, 0) is 10.0 Å². The number of ether oxygens (including phenoxy) is 2. The lowest BCUT2D eigenvalue weighted by molar-refractivity contribution is 0.0997. The van der Waals surface area contributed by atoms with Crippen molar-refractivity contribution in [2.24, 2.45) is 5.73 Å². The topological polar surface area (TPSA) is 151 Å². The molecule has 0 aliphatic carbocycles. The van der Waals surface area contributed by atoms with Gasteiger partial charge in [0, 0.05) is 17.4 Å². The van der Waals surface area contributed by atoms with Crippen molar-refractivity contribution in [2.45, 2.75) is 18.7 Å². The monoisotopic (exact) mass is 494 g/mol. The molecule has 2 aromatic heterocycles. The number of anilines is 1. The van der Waals surface area contributed by atoms with E-state index in [1.807, 2.05) is 18.4 Å². The van der Waals surface area contributed by atoms with Gasteiger partial charge in [0.15, 0.2) is 5.82 Å². The lowest BCUT2D eigenvalue weighted by atomic mass is 10.2. The number of imidazole rings is 1. The van der Waals surface area contributed by atoms with Crippen molar-refractivity contribution in [3.63, 3.8) is 0 Å². The molecule has 0 unspecified atom stereocenters. The Balaban J connectivity index is 1.46. The van der Waals surface area contributed by atoms with Crippen LogP contribution < -0.4 is 19.9 Å². The van der Waals surface area contributed by atoms with Gasteiger partial charge in [-0.25, -0.2) is 13.4 Å². The minimum Gasteiger partial charge on any atom is -0.496 e. The summed E-state index contributed by atoms with van der Waals surface area (Å²) in [4.78, 5) is 15.7. The number of methoxy groups -OCH3 is 1. The first-order chi connectivity index (χ1) is 16.7. The van der Waals surface area contributed by atoms with Crippen LogP contribution in [0.25, 0.3) is 5.82 Å². The van der Waals surface area contributed by atoms with Crippen LogP contribution in [0.2, 0.25) is 0 Å². The highest BCUT2D eigenvalue weighted by Crippen LogP contribution is 2.26. The zero-order chi connectivity index (χ0) is 25.2. The molecule has 1 amide bonds. The molecule has 0 fully saturated rings. The molecular formula is C23H22N6O5S. The van der Waals surface area contributed by atoms with E-state index < -0.39 is 15.9 Å². The van der Waals surface area contributed by atoms with Gasteiger partial charge in [-0.05, 0) is 62.4 Å². The van der Waals surface area contributed by atoms with Crippen LogP contribution >= 0.6 is 0 Å². The van der Waals surface area contributed by atoms with Gasteiger partial charge in [-0.2, -0.15) is 0 Å². The SMILES string of the molecule is COc1ccc(S(=O)(=O)Nc2ccc(Oc3ccc(-n4cnc(C)c4C)nn3)cc2)cc1C(N)=O. The minimum atomic E-state index is -3.98. The Bertz CT molecular complexity index is 1480. The Hall–Kier alpha value is -4.45. The third kappa shape index (κ3) is 5.06. The first-order valence-corrected chi connectivity index (χ1v) is 11.8. The van der Waals surface area contributed by atoms with Crippen LogP contribution in [0.3, 0.4) is 0 Å². The van der Waals surface area contributed by atoms with Crippen molar-refractivity contribution >= 4 is 21.6 Å². The summed E-state index contributed by atoms with van der Waals surface area (Å²) in [7, 11) is -2.62. The van der Waals surface area contributed by atoms with Gasteiger partial charge in [-0.15, -0.1) is 10.2 Å². The van der Waals surface area contributed by atoms with E-state index in [-0.39, 0.29) is 22.1 Å². The van der Waals surface area contributed by atoms with E-state index >= 15 is 0 Å². The minimum absolute atomic E-state index is 0.0374. The molecule has 4 rings (SSSR count). The van der Waals surface area contributed by atoms with Crippen molar-refractivity contribution in [1.82, 2.24) is 19.7 Å². The lowest BCUT2D eigenvalue weighted by Crippen LogP contribution is -2.16. The number of aromatic nitrogens is 4. The number of carbonyl (C=O) groups excluding carboxylic acids is 1. The maximum atomic E-state index is 12.8. The predicted molar refractivity (Wildman–Crippen MR) is 127 cm³/mol. The molecule has 0 saturated heterocycles. The zero-order valence-electron chi connectivity index (χ0n) is 19.1. The van der Waals surface area contributed by atoms with Gasteiger partial charge < -0.3 is 15.2 Å². The zero-order valence-corrected chi connectivity index (χ0v) is 19.9. The van der Waals surface area contributed by atoms with Crippen LogP contribution in [0.15, 0.2) is 65.8 Å². The smallest absolute Gasteiger partial charge is 0.261 e. The van der Waals surface area contributed by atoms with Crippen LogP contribution in [0.1, 0.15) is 21.7 Å². The molecule has 0 spiro atoms. The highest BCUT2D eigenvalue weighted by molar-refractivity contribution is 7.92. The second-order valence-corrected chi connectivity index (χ2v) is 9.16. The average molecular weight is 495 g/mol. The van der Waals surface area contributed by atoms with Crippen molar-refractivity contribution in [3.8, 4) is 23.2 Å². The molecule has 3 N–H and O–H groups in total. The average Bonchev–Trinajstić information content (AvgIpc) is 3.18. The van der Waals surface area contributed by atoms with Crippen LogP contribution in [0.4, 0.5) is 5.69 Å². The summed E-state index contributed by atoms with van der Waals surface area (Å²) in [6, 6.07) is 13.5. The third-order valence-corrected chi connectivity index (χ3v) is 6.58. The summed E-state index contributed by atoms with van der Waals surface area (Å²) in [6.45, 7) is 3.85.